The molecule has 0 spiro atoms. The van der Waals surface area contributed by atoms with Crippen LogP contribution in [0.4, 0.5) is 5.95 Å². The minimum absolute atomic E-state index is 0.0148. The second-order valence-electron chi connectivity index (χ2n) is 7.02. The normalized spacial score (nSPS) is 13.2. The monoisotopic (exact) mass is 460 g/mol. The number of ether oxygens (including phenoxy) is 1. The molecule has 1 atom stereocenters. The summed E-state index contributed by atoms with van der Waals surface area (Å²) in [6.45, 7) is 7.52. The molecule has 0 unspecified atom stereocenters. The van der Waals surface area contributed by atoms with Gasteiger partial charge in [0.05, 0.1) is 31.2 Å². The van der Waals surface area contributed by atoms with E-state index in [2.05, 4.69) is 25.0 Å². The number of imidazole rings is 1. The molecule has 2 rings (SSSR count). The van der Waals surface area contributed by atoms with Gasteiger partial charge < -0.3 is 24.1 Å². The largest absolute Gasteiger partial charge is 0.368 e. The second-order valence-corrected chi connectivity index (χ2v) is 9.28. The van der Waals surface area contributed by atoms with Crippen LogP contribution >= 0.6 is 19.2 Å². The summed E-state index contributed by atoms with van der Waals surface area (Å²) in [6.07, 6.45) is 0.528. The Morgan fingerprint density at radius 1 is 1.30 bits per heavy atom. The Balaban J connectivity index is 2.21. The van der Waals surface area contributed by atoms with E-state index in [4.69, 9.17) is 36.7 Å². The van der Waals surface area contributed by atoms with E-state index in [1.807, 2.05) is 0 Å². The number of fused-ring (bicyclic) bond motifs is 1. The van der Waals surface area contributed by atoms with Gasteiger partial charge in [-0.25, -0.2) is 4.98 Å². The van der Waals surface area contributed by atoms with Crippen molar-refractivity contribution >= 4 is 36.3 Å². The maximum atomic E-state index is 13.0. The number of azide groups is 1. The predicted octanol–water partition coefficient (Wildman–Crippen LogP) is 4.15. The minimum atomic E-state index is -3.50. The summed E-state index contributed by atoms with van der Waals surface area (Å²) in [4.78, 5) is 15.0. The van der Waals surface area contributed by atoms with Crippen molar-refractivity contribution in [2.45, 2.75) is 59.0 Å². The molecule has 2 aromatic rings. The summed E-state index contributed by atoms with van der Waals surface area (Å²) in [7, 11) is -3.50. The topological polar surface area (TPSA) is 163 Å². The quantitative estimate of drug-likeness (QED) is 0.162. The standard InChI is InChI=1S/C16H26ClN8O4P/c1-10(2)28-30(26,29-11(3)4)9-27-12(5-6-21-24-19)7-25-8-20-13-14(17)22-16(18)23-15(13)25/h8,10-12H,5-7,9H2,1-4H3,(H2,18,22,23)/t12-/m0/s1. The van der Waals surface area contributed by atoms with Gasteiger partial charge in [-0.3, -0.25) is 4.57 Å². The Morgan fingerprint density at radius 3 is 2.57 bits per heavy atom. The summed E-state index contributed by atoms with van der Waals surface area (Å²) in [5, 5.41) is 3.69. The molecule has 0 radical (unpaired) electrons. The van der Waals surface area contributed by atoms with Crippen molar-refractivity contribution in [3.63, 3.8) is 0 Å². The lowest BCUT2D eigenvalue weighted by Gasteiger charge is -2.25. The Kier molecular flexibility index (Phi) is 8.84. The first-order chi connectivity index (χ1) is 14.1. The number of anilines is 1. The van der Waals surface area contributed by atoms with Crippen LogP contribution in [-0.2, 0) is 24.9 Å². The third-order valence-corrected chi connectivity index (χ3v) is 5.88. The van der Waals surface area contributed by atoms with Crippen LogP contribution in [0.15, 0.2) is 11.4 Å². The highest BCUT2D eigenvalue weighted by molar-refractivity contribution is 7.53. The summed E-state index contributed by atoms with van der Waals surface area (Å²) >= 11 is 6.07. The molecule has 12 nitrogen and oxygen atoms in total. The molecule has 0 saturated heterocycles. The Morgan fingerprint density at radius 2 is 1.97 bits per heavy atom. The van der Waals surface area contributed by atoms with Gasteiger partial charge in [-0.05, 0) is 39.6 Å². The lowest BCUT2D eigenvalue weighted by atomic mass is 10.2. The third kappa shape index (κ3) is 7.09. The lowest BCUT2D eigenvalue weighted by molar-refractivity contribution is 0.0417. The third-order valence-electron chi connectivity index (χ3n) is 3.66. The molecule has 0 aliphatic rings. The number of hydrogen-bond acceptors (Lipinski definition) is 9. The number of rotatable bonds is 12. The summed E-state index contributed by atoms with van der Waals surface area (Å²) in [5.41, 5.74) is 15.1. The molecule has 0 fully saturated rings. The molecule has 2 aromatic heterocycles. The highest BCUT2D eigenvalue weighted by Gasteiger charge is 2.30. The van der Waals surface area contributed by atoms with E-state index < -0.39 is 13.7 Å². The number of nitrogen functional groups attached to an aromatic ring is 1. The van der Waals surface area contributed by atoms with E-state index in [0.717, 1.165) is 0 Å². The molecule has 0 aromatic carbocycles. The molecule has 2 heterocycles. The van der Waals surface area contributed by atoms with Crippen LogP contribution in [0.25, 0.3) is 21.6 Å². The average molecular weight is 461 g/mol. The first-order valence-corrected chi connectivity index (χ1v) is 11.5. The van der Waals surface area contributed by atoms with E-state index in [-0.39, 0.29) is 42.7 Å². The van der Waals surface area contributed by atoms with Crippen LogP contribution in [0.3, 0.4) is 0 Å². The minimum Gasteiger partial charge on any atom is -0.368 e. The first-order valence-electron chi connectivity index (χ1n) is 9.35. The van der Waals surface area contributed by atoms with Crippen molar-refractivity contribution in [1.29, 1.82) is 0 Å². The van der Waals surface area contributed by atoms with Crippen molar-refractivity contribution < 1.29 is 18.3 Å². The van der Waals surface area contributed by atoms with Crippen LogP contribution in [0.2, 0.25) is 5.15 Å². The van der Waals surface area contributed by atoms with Crippen molar-refractivity contribution in [3.8, 4) is 0 Å². The van der Waals surface area contributed by atoms with Crippen molar-refractivity contribution in [2.24, 2.45) is 5.11 Å². The van der Waals surface area contributed by atoms with E-state index >= 15 is 0 Å². The van der Waals surface area contributed by atoms with Gasteiger partial charge >= 0.3 is 7.60 Å². The zero-order chi connectivity index (χ0) is 22.3. The van der Waals surface area contributed by atoms with Gasteiger partial charge in [0.15, 0.2) is 10.8 Å². The second kappa shape index (κ2) is 10.9. The molecule has 0 amide bonds. The Labute approximate surface area is 179 Å². The molecule has 30 heavy (non-hydrogen) atoms. The van der Waals surface area contributed by atoms with Crippen LogP contribution < -0.4 is 5.73 Å². The fourth-order valence-electron chi connectivity index (χ4n) is 2.68. The molecular formula is C16H26ClN8O4P. The number of halogens is 1. The zero-order valence-corrected chi connectivity index (χ0v) is 19.0. The molecule has 14 heteroatoms. The Bertz CT molecular complexity index is 933. The Hall–Kier alpha value is -1.94. The van der Waals surface area contributed by atoms with Gasteiger partial charge in [0.1, 0.15) is 11.9 Å². The summed E-state index contributed by atoms with van der Waals surface area (Å²) in [5.74, 6) is 0.0148. The van der Waals surface area contributed by atoms with Crippen LogP contribution in [0.5, 0.6) is 0 Å². The molecule has 0 saturated carbocycles. The SMILES string of the molecule is CC(C)OP(=O)(CO[C@@H](CCN=[N+]=[N-])Cn1cnc2c(Cl)nc(N)nc21)OC(C)C. The van der Waals surface area contributed by atoms with Crippen molar-refractivity contribution in [2.75, 3.05) is 18.6 Å². The van der Waals surface area contributed by atoms with Gasteiger partial charge in [-0.15, -0.1) is 0 Å². The smallest absolute Gasteiger partial charge is 0.356 e. The highest BCUT2D eigenvalue weighted by Crippen LogP contribution is 2.50. The van der Waals surface area contributed by atoms with E-state index in [0.29, 0.717) is 17.6 Å². The fraction of sp³-hybridized carbons (Fsp3) is 0.688. The maximum Gasteiger partial charge on any atom is 0.356 e. The fourth-order valence-corrected chi connectivity index (χ4v) is 4.75. The van der Waals surface area contributed by atoms with E-state index in [9.17, 15) is 4.57 Å². The first kappa shape index (κ1) is 24.3. The number of hydrogen-bond donors (Lipinski definition) is 1. The maximum absolute atomic E-state index is 13.0. The van der Waals surface area contributed by atoms with Crippen LogP contribution in [0.1, 0.15) is 34.1 Å². The van der Waals surface area contributed by atoms with E-state index in [1.165, 1.54) is 6.33 Å². The van der Waals surface area contributed by atoms with Gasteiger partial charge in [-0.2, -0.15) is 9.97 Å². The van der Waals surface area contributed by atoms with Gasteiger partial charge in [0, 0.05) is 11.5 Å². The molecule has 2 N–H and O–H groups in total. The average Bonchev–Trinajstić information content (AvgIpc) is 3.01. The number of nitrogens with two attached hydrogens (primary N) is 1. The zero-order valence-electron chi connectivity index (χ0n) is 17.3. The van der Waals surface area contributed by atoms with Crippen molar-refractivity contribution in [3.05, 3.63) is 21.9 Å². The summed E-state index contributed by atoms with van der Waals surface area (Å²) < 4.78 is 31.7. The number of aromatic nitrogens is 4. The summed E-state index contributed by atoms with van der Waals surface area (Å²) in [6, 6.07) is 0. The predicted molar refractivity (Wildman–Crippen MR) is 113 cm³/mol. The molecule has 0 aliphatic carbocycles. The van der Waals surface area contributed by atoms with Crippen LogP contribution in [0, 0.1) is 0 Å². The van der Waals surface area contributed by atoms with Gasteiger partial charge in [-0.1, -0.05) is 16.7 Å². The van der Waals surface area contributed by atoms with Gasteiger partial charge in [0.25, 0.3) is 0 Å². The van der Waals surface area contributed by atoms with Crippen LogP contribution in [-0.4, -0.2) is 50.7 Å². The molecule has 0 aliphatic heterocycles. The molecular weight excluding hydrogens is 435 g/mol. The van der Waals surface area contributed by atoms with Crippen molar-refractivity contribution in [1.82, 2.24) is 19.5 Å². The lowest BCUT2D eigenvalue weighted by Crippen LogP contribution is -2.23. The molecule has 0 bridgehead atoms. The van der Waals surface area contributed by atoms with E-state index in [1.54, 1.807) is 32.3 Å². The van der Waals surface area contributed by atoms with Gasteiger partial charge in [0.2, 0.25) is 5.95 Å². The highest BCUT2D eigenvalue weighted by atomic mass is 35.5. The number of nitrogens with zero attached hydrogens (tertiary/aromatic N) is 7. The molecule has 166 valence electrons.